The van der Waals surface area contributed by atoms with Gasteiger partial charge < -0.3 is 0 Å². The van der Waals surface area contributed by atoms with Crippen LogP contribution in [-0.2, 0) is 20.1 Å². The Labute approximate surface area is 146 Å². The number of halogens is 2. The number of para-hydroxylation sites is 2. The van der Waals surface area contributed by atoms with Crippen LogP contribution in [0.2, 0.25) is 0 Å². The topological polar surface area (TPSA) is 64.4 Å². The minimum absolute atomic E-state index is 0.0149. The summed E-state index contributed by atoms with van der Waals surface area (Å²) in [6.07, 6.45) is 0. The molecule has 5 nitrogen and oxygen atoms in total. The fourth-order valence-electron chi connectivity index (χ4n) is 2.02. The van der Waals surface area contributed by atoms with Crippen molar-refractivity contribution in [1.82, 2.24) is 0 Å². The van der Waals surface area contributed by atoms with Crippen molar-refractivity contribution in [2.75, 3.05) is 12.4 Å². The number of anilines is 1. The molecule has 0 fully saturated rings. The average molecular weight is 442 g/mol. The van der Waals surface area contributed by atoms with Gasteiger partial charge in [-0.1, -0.05) is 0 Å². The van der Waals surface area contributed by atoms with Crippen LogP contribution in [0.3, 0.4) is 0 Å². The summed E-state index contributed by atoms with van der Waals surface area (Å²) in [5, 5.41) is 14.2. The fraction of sp³-hybridized carbons (Fsp3) is 0.133. The second-order valence-electron chi connectivity index (χ2n) is 4.50. The summed E-state index contributed by atoms with van der Waals surface area (Å²) in [5.41, 5.74) is 2.41. The van der Waals surface area contributed by atoms with Gasteiger partial charge in [0.1, 0.15) is 0 Å². The van der Waals surface area contributed by atoms with Crippen LogP contribution in [0.5, 0.6) is 5.75 Å². The summed E-state index contributed by atoms with van der Waals surface area (Å²) in [6.45, 7) is 0.472. The molecule has 0 heterocycles. The summed E-state index contributed by atoms with van der Waals surface area (Å²) < 4.78 is 6.99. The first-order valence-electron chi connectivity index (χ1n) is 6.48. The molecule has 0 unspecified atom stereocenters. The number of hydrogen-bond donors (Lipinski definition) is 1. The number of rotatable bonds is 6. The molecule has 1 N–H and O–H groups in total. The van der Waals surface area contributed by atoms with Crippen molar-refractivity contribution in [3.63, 3.8) is 0 Å². The second kappa shape index (κ2) is 8.39. The number of benzene rings is 2. The van der Waals surface area contributed by atoms with Gasteiger partial charge in [-0.05, 0) is 0 Å². The first-order chi connectivity index (χ1) is 11.0. The molecule has 0 aromatic heterocycles. The molecular formula is C15H14Cl2N2O3Ru. The van der Waals surface area contributed by atoms with Crippen molar-refractivity contribution in [2.24, 2.45) is 0 Å². The third kappa shape index (κ3) is 5.00. The van der Waals surface area contributed by atoms with E-state index in [0.29, 0.717) is 12.1 Å². The molecule has 2 rings (SSSR count). The van der Waals surface area contributed by atoms with Crippen molar-refractivity contribution in [3.8, 4) is 5.75 Å². The van der Waals surface area contributed by atoms with E-state index in [4.69, 9.17) is 24.1 Å². The number of nitro groups is 1. The van der Waals surface area contributed by atoms with Gasteiger partial charge in [-0.15, -0.1) is 0 Å². The first-order valence-corrected chi connectivity index (χ1v) is 12.0. The van der Waals surface area contributed by atoms with Gasteiger partial charge in [-0.3, -0.25) is 0 Å². The van der Waals surface area contributed by atoms with Crippen molar-refractivity contribution >= 4 is 35.4 Å². The number of nitro benzene ring substituents is 1. The quantitative estimate of drug-likeness (QED) is 0.412. The van der Waals surface area contributed by atoms with Crippen LogP contribution in [0, 0.1) is 10.1 Å². The van der Waals surface area contributed by atoms with Crippen molar-refractivity contribution in [1.29, 1.82) is 0 Å². The Balaban J connectivity index is 2.28. The predicted molar refractivity (Wildman–Crippen MR) is 90.3 cm³/mol. The van der Waals surface area contributed by atoms with Crippen molar-refractivity contribution in [2.45, 2.75) is 6.54 Å². The maximum absolute atomic E-state index is 10.9. The van der Waals surface area contributed by atoms with Gasteiger partial charge in [0.2, 0.25) is 0 Å². The van der Waals surface area contributed by atoms with E-state index in [1.807, 2.05) is 24.3 Å². The maximum atomic E-state index is 10.9. The summed E-state index contributed by atoms with van der Waals surface area (Å²) in [4.78, 5) is 10.5. The SMILES string of the molecule is COc1ccccc1NCc1ccc([N+](=O)[O-])cc1[CH]=[Ru]([Cl])[Cl]. The average Bonchev–Trinajstić information content (AvgIpc) is 2.53. The number of ether oxygens (including phenoxy) is 1. The van der Waals surface area contributed by atoms with E-state index in [-0.39, 0.29) is 5.69 Å². The van der Waals surface area contributed by atoms with E-state index in [1.54, 1.807) is 17.8 Å². The standard InChI is InChI=1S/C15H14N2O3.2ClH.Ru/c1-11-9-13(17(18)19)8-7-12(11)10-16-14-5-3-4-6-15(14)20-2;;;/h1,3-9,16H,10H2,2H3;2*1H;/q;;;+2/p-2. The number of non-ortho nitro benzene ring substituents is 1. The molecule has 0 atom stereocenters. The molecule has 0 bridgehead atoms. The Bertz CT molecular complexity index is 749. The molecule has 0 aliphatic carbocycles. The number of methoxy groups -OCH3 is 1. The van der Waals surface area contributed by atoms with Crippen molar-refractivity contribution < 1.29 is 23.2 Å². The van der Waals surface area contributed by atoms with Gasteiger partial charge in [-0.25, -0.2) is 0 Å². The molecule has 0 aliphatic heterocycles. The molecule has 8 heteroatoms. The van der Waals surface area contributed by atoms with E-state index in [1.165, 1.54) is 12.1 Å². The molecular weight excluding hydrogens is 428 g/mol. The normalized spacial score (nSPS) is 10.8. The third-order valence-electron chi connectivity index (χ3n) is 3.10. The molecule has 124 valence electrons. The molecule has 0 amide bonds. The molecule has 0 aliphatic rings. The van der Waals surface area contributed by atoms with E-state index < -0.39 is 18.4 Å². The molecule has 0 saturated carbocycles. The molecule has 2 aromatic carbocycles. The number of hydrogen-bond acceptors (Lipinski definition) is 4. The molecule has 0 radical (unpaired) electrons. The Morgan fingerprint density at radius 2 is 2.04 bits per heavy atom. The van der Waals surface area contributed by atoms with Crippen LogP contribution in [0.1, 0.15) is 11.1 Å². The van der Waals surface area contributed by atoms with Crippen LogP contribution in [0.25, 0.3) is 0 Å². The molecule has 23 heavy (non-hydrogen) atoms. The summed E-state index contributed by atoms with van der Waals surface area (Å²) in [5.74, 6) is 0.724. The van der Waals surface area contributed by atoms with E-state index in [2.05, 4.69) is 5.32 Å². The molecule has 0 spiro atoms. The Hall–Kier alpha value is -1.49. The monoisotopic (exact) mass is 442 g/mol. The molecule has 2 aromatic rings. The molecule has 0 saturated heterocycles. The number of nitrogens with one attached hydrogen (secondary N) is 1. The van der Waals surface area contributed by atoms with Gasteiger partial charge in [0, 0.05) is 0 Å². The fourth-order valence-corrected chi connectivity index (χ4v) is 3.88. The minimum atomic E-state index is -2.09. The zero-order valence-electron chi connectivity index (χ0n) is 12.1. The van der Waals surface area contributed by atoms with Gasteiger partial charge >= 0.3 is 147 Å². The van der Waals surface area contributed by atoms with Gasteiger partial charge in [0.05, 0.1) is 0 Å². The summed E-state index contributed by atoms with van der Waals surface area (Å²) in [7, 11) is 13.4. The Kier molecular flexibility index (Phi) is 6.51. The van der Waals surface area contributed by atoms with Crippen LogP contribution >= 0.6 is 19.4 Å². The van der Waals surface area contributed by atoms with Crippen LogP contribution in [0.4, 0.5) is 11.4 Å². The Morgan fingerprint density at radius 3 is 2.70 bits per heavy atom. The first kappa shape index (κ1) is 17.9. The predicted octanol–water partition coefficient (Wildman–Crippen LogP) is 4.29. The van der Waals surface area contributed by atoms with Gasteiger partial charge in [0.25, 0.3) is 0 Å². The van der Waals surface area contributed by atoms with Crippen molar-refractivity contribution in [3.05, 3.63) is 63.7 Å². The zero-order chi connectivity index (χ0) is 16.8. The van der Waals surface area contributed by atoms with E-state index in [0.717, 1.165) is 17.0 Å². The summed E-state index contributed by atoms with van der Waals surface area (Å²) in [6, 6.07) is 12.2. The van der Waals surface area contributed by atoms with E-state index in [9.17, 15) is 10.1 Å². The second-order valence-corrected chi connectivity index (χ2v) is 10.2. The van der Waals surface area contributed by atoms with Crippen LogP contribution in [-0.4, -0.2) is 16.6 Å². The van der Waals surface area contributed by atoms with Gasteiger partial charge in [-0.2, -0.15) is 0 Å². The Morgan fingerprint density at radius 1 is 1.30 bits per heavy atom. The third-order valence-corrected chi connectivity index (χ3v) is 4.94. The summed E-state index contributed by atoms with van der Waals surface area (Å²) >= 11 is -2.09. The number of nitrogens with zero attached hydrogens (tertiary/aromatic N) is 1. The van der Waals surface area contributed by atoms with Crippen LogP contribution < -0.4 is 10.1 Å². The zero-order valence-corrected chi connectivity index (χ0v) is 15.4. The van der Waals surface area contributed by atoms with E-state index >= 15 is 0 Å². The van der Waals surface area contributed by atoms with Gasteiger partial charge in [0.15, 0.2) is 0 Å². The van der Waals surface area contributed by atoms with Crippen LogP contribution in [0.15, 0.2) is 42.5 Å².